The second kappa shape index (κ2) is 7.80. The Morgan fingerprint density at radius 1 is 1.53 bits per heavy atom. The number of carbonyl (C=O) groups is 1. The van der Waals surface area contributed by atoms with Crippen LogP contribution >= 0.6 is 0 Å². The van der Waals surface area contributed by atoms with Crippen LogP contribution in [0.5, 0.6) is 0 Å². The molecule has 0 aliphatic rings. The van der Waals surface area contributed by atoms with E-state index in [4.69, 9.17) is 4.74 Å². The maximum Gasteiger partial charge on any atom is 0.343 e. The summed E-state index contributed by atoms with van der Waals surface area (Å²) in [5.41, 5.74) is 0.253. The predicted octanol–water partition coefficient (Wildman–Crippen LogP) is 2.26. The predicted molar refractivity (Wildman–Crippen MR) is 71.0 cm³/mol. The molecule has 1 heterocycles. The Hall–Kier alpha value is -2.44. The summed E-state index contributed by atoms with van der Waals surface area (Å²) in [5, 5.41) is 15.9. The number of carbonyl (C=O) groups excluding carboxylic acids is 1. The molecule has 0 bridgehead atoms. The van der Waals surface area contributed by atoms with Crippen LogP contribution in [-0.4, -0.2) is 40.9 Å². The number of esters is 1. The van der Waals surface area contributed by atoms with E-state index in [-0.39, 0.29) is 11.4 Å². The summed E-state index contributed by atoms with van der Waals surface area (Å²) in [4.78, 5) is 11.6. The highest BCUT2D eigenvalue weighted by molar-refractivity contribution is 5.93. The van der Waals surface area contributed by atoms with Gasteiger partial charge in [-0.2, -0.15) is 5.10 Å². The molecular formula is C12H17N5O2. The van der Waals surface area contributed by atoms with Crippen molar-refractivity contribution in [1.29, 1.82) is 0 Å². The van der Waals surface area contributed by atoms with Gasteiger partial charge >= 0.3 is 5.97 Å². The summed E-state index contributed by atoms with van der Waals surface area (Å²) in [6.07, 6.45) is 4.75. The molecule has 0 aromatic carbocycles. The second-order valence-electron chi connectivity index (χ2n) is 3.49. The number of aromatic nitrogens is 2. The number of aromatic amines is 1. The molecule has 7 heteroatoms. The number of H-pyrrole nitrogens is 1. The minimum Gasteiger partial charge on any atom is -0.462 e. The average Bonchev–Trinajstić information content (AvgIpc) is 2.85. The Bertz CT molecular complexity index is 456. The van der Waals surface area contributed by atoms with Crippen molar-refractivity contribution in [3.05, 3.63) is 37.1 Å². The second-order valence-corrected chi connectivity index (χ2v) is 3.49. The molecule has 7 nitrogen and oxygen atoms in total. The maximum absolute atomic E-state index is 11.6. The van der Waals surface area contributed by atoms with Crippen LogP contribution in [0.15, 0.2) is 41.8 Å². The fraction of sp³-hybridized carbons (Fsp3) is 0.333. The summed E-state index contributed by atoms with van der Waals surface area (Å²) in [6.45, 7) is 10.3. The Kier molecular flexibility index (Phi) is 6.00. The summed E-state index contributed by atoms with van der Waals surface area (Å²) in [6, 6.07) is 0. The fourth-order valence-electron chi connectivity index (χ4n) is 1.27. The molecule has 0 aliphatic heterocycles. The molecular weight excluding hydrogens is 246 g/mol. The molecule has 19 heavy (non-hydrogen) atoms. The van der Waals surface area contributed by atoms with Crippen LogP contribution in [-0.2, 0) is 4.74 Å². The fourth-order valence-corrected chi connectivity index (χ4v) is 1.27. The van der Waals surface area contributed by atoms with E-state index >= 15 is 0 Å². The SMILES string of the molecule is C=CCN(CC=C)/N=N/c1[nH]ncc1C(=O)OCC. The first-order valence-corrected chi connectivity index (χ1v) is 5.81. The minimum absolute atomic E-state index is 0.253. The van der Waals surface area contributed by atoms with Gasteiger partial charge in [-0.3, -0.25) is 10.1 Å². The van der Waals surface area contributed by atoms with Crippen molar-refractivity contribution >= 4 is 11.8 Å². The van der Waals surface area contributed by atoms with Gasteiger partial charge in [-0.25, -0.2) is 4.79 Å². The Labute approximate surface area is 111 Å². The Balaban J connectivity index is 2.80. The van der Waals surface area contributed by atoms with Crippen molar-refractivity contribution in [1.82, 2.24) is 15.2 Å². The number of ether oxygens (including phenoxy) is 1. The van der Waals surface area contributed by atoms with Gasteiger partial charge in [-0.05, 0) is 6.92 Å². The highest BCUT2D eigenvalue weighted by Gasteiger charge is 2.14. The lowest BCUT2D eigenvalue weighted by atomic mass is 10.3. The van der Waals surface area contributed by atoms with E-state index in [9.17, 15) is 4.79 Å². The zero-order chi connectivity index (χ0) is 14.1. The van der Waals surface area contributed by atoms with Crippen molar-refractivity contribution in [2.45, 2.75) is 6.92 Å². The van der Waals surface area contributed by atoms with Gasteiger partial charge in [-0.15, -0.1) is 18.3 Å². The largest absolute Gasteiger partial charge is 0.462 e. The molecule has 1 rings (SSSR count). The maximum atomic E-state index is 11.6. The lowest BCUT2D eigenvalue weighted by Crippen LogP contribution is -2.16. The third kappa shape index (κ3) is 4.38. The number of hydrogen-bond donors (Lipinski definition) is 1. The molecule has 102 valence electrons. The summed E-state index contributed by atoms with van der Waals surface area (Å²) >= 11 is 0. The standard InChI is InChI=1S/C12H17N5O2/c1-4-7-17(8-5-2)16-15-11-10(9-13-14-11)12(18)19-6-3/h4-5,9H,1-2,6-8H2,3H3,(H,13,14)/b16-15+. The van der Waals surface area contributed by atoms with Crippen LogP contribution < -0.4 is 0 Å². The van der Waals surface area contributed by atoms with Crippen LogP contribution in [0.2, 0.25) is 0 Å². The average molecular weight is 263 g/mol. The highest BCUT2D eigenvalue weighted by Crippen LogP contribution is 2.16. The van der Waals surface area contributed by atoms with Crippen molar-refractivity contribution in [2.24, 2.45) is 10.3 Å². The zero-order valence-corrected chi connectivity index (χ0v) is 10.9. The molecule has 0 unspecified atom stereocenters. The van der Waals surface area contributed by atoms with E-state index in [2.05, 4.69) is 33.7 Å². The van der Waals surface area contributed by atoms with Crippen molar-refractivity contribution in [2.75, 3.05) is 19.7 Å². The van der Waals surface area contributed by atoms with E-state index < -0.39 is 5.97 Å². The van der Waals surface area contributed by atoms with Gasteiger partial charge in [0.15, 0.2) is 5.82 Å². The summed E-state index contributed by atoms with van der Waals surface area (Å²) in [5.74, 6) is -0.222. The first-order valence-electron chi connectivity index (χ1n) is 5.81. The number of rotatable bonds is 8. The monoisotopic (exact) mass is 263 g/mol. The van der Waals surface area contributed by atoms with E-state index in [1.165, 1.54) is 6.20 Å². The van der Waals surface area contributed by atoms with Gasteiger partial charge in [0.2, 0.25) is 0 Å². The number of nitrogens with zero attached hydrogens (tertiary/aromatic N) is 4. The van der Waals surface area contributed by atoms with Crippen molar-refractivity contribution < 1.29 is 9.53 Å². The van der Waals surface area contributed by atoms with E-state index in [1.807, 2.05) is 0 Å². The molecule has 1 N–H and O–H groups in total. The molecule has 0 radical (unpaired) electrons. The van der Waals surface area contributed by atoms with Gasteiger partial charge < -0.3 is 4.74 Å². The Morgan fingerprint density at radius 2 is 2.21 bits per heavy atom. The van der Waals surface area contributed by atoms with Crippen LogP contribution in [0, 0.1) is 0 Å². The molecule has 0 spiro atoms. The van der Waals surface area contributed by atoms with Gasteiger partial charge in [-0.1, -0.05) is 17.4 Å². The molecule has 1 aromatic heterocycles. The van der Waals surface area contributed by atoms with E-state index in [0.717, 1.165) is 0 Å². The normalized spacial score (nSPS) is 10.4. The van der Waals surface area contributed by atoms with Crippen LogP contribution in [0.25, 0.3) is 0 Å². The highest BCUT2D eigenvalue weighted by atomic mass is 16.5. The third-order valence-corrected chi connectivity index (χ3v) is 2.07. The molecule has 1 aromatic rings. The minimum atomic E-state index is -0.482. The molecule has 0 saturated carbocycles. The summed E-state index contributed by atoms with van der Waals surface area (Å²) < 4.78 is 4.88. The van der Waals surface area contributed by atoms with Crippen LogP contribution in [0.3, 0.4) is 0 Å². The molecule has 0 fully saturated rings. The van der Waals surface area contributed by atoms with Gasteiger partial charge in [0, 0.05) is 0 Å². The van der Waals surface area contributed by atoms with Crippen molar-refractivity contribution in [3.8, 4) is 0 Å². The lowest BCUT2D eigenvalue weighted by Gasteiger charge is -2.11. The first kappa shape index (κ1) is 14.6. The lowest BCUT2D eigenvalue weighted by molar-refractivity contribution is 0.0527. The topological polar surface area (TPSA) is 82.9 Å². The van der Waals surface area contributed by atoms with Crippen LogP contribution in [0.4, 0.5) is 5.82 Å². The smallest absolute Gasteiger partial charge is 0.343 e. The zero-order valence-electron chi connectivity index (χ0n) is 10.9. The molecule has 0 atom stereocenters. The molecule has 0 amide bonds. The van der Waals surface area contributed by atoms with Crippen molar-refractivity contribution in [3.63, 3.8) is 0 Å². The first-order chi connectivity index (χ1) is 9.22. The third-order valence-electron chi connectivity index (χ3n) is 2.07. The molecule has 0 aliphatic carbocycles. The van der Waals surface area contributed by atoms with Gasteiger partial charge in [0.1, 0.15) is 5.56 Å². The quantitative estimate of drug-likeness (QED) is 0.337. The van der Waals surface area contributed by atoms with Crippen LogP contribution in [0.1, 0.15) is 17.3 Å². The van der Waals surface area contributed by atoms with E-state index in [0.29, 0.717) is 19.7 Å². The number of nitrogens with one attached hydrogen (secondary N) is 1. The molecule has 0 saturated heterocycles. The van der Waals surface area contributed by atoms with E-state index in [1.54, 1.807) is 24.1 Å². The Morgan fingerprint density at radius 3 is 2.79 bits per heavy atom. The number of hydrogen-bond acceptors (Lipinski definition) is 5. The summed E-state index contributed by atoms with van der Waals surface area (Å²) in [7, 11) is 0. The van der Waals surface area contributed by atoms with Gasteiger partial charge in [0.25, 0.3) is 0 Å². The van der Waals surface area contributed by atoms with Gasteiger partial charge in [0.05, 0.1) is 25.9 Å².